The van der Waals surface area contributed by atoms with E-state index in [1.54, 1.807) is 6.07 Å². The van der Waals surface area contributed by atoms with Crippen LogP contribution in [-0.4, -0.2) is 23.7 Å². The Morgan fingerprint density at radius 1 is 0.763 bits per heavy atom. The summed E-state index contributed by atoms with van der Waals surface area (Å²) < 4.78 is 6.18. The number of rotatable bonds is 12. The number of phenolic OH excluding ortho intramolecular Hbond substituents is 1. The van der Waals surface area contributed by atoms with E-state index in [1.807, 2.05) is 6.07 Å². The maximum Gasteiger partial charge on any atom is 0.163 e. The molecule has 4 rings (SSSR count). The number of phenols is 1. The molecule has 0 aromatic heterocycles. The van der Waals surface area contributed by atoms with Gasteiger partial charge < -0.3 is 26.8 Å². The Labute approximate surface area is 238 Å². The average Bonchev–Trinajstić information content (AvgIpc) is 2.94. The normalized spacial score (nSPS) is 11.0. The Morgan fingerprint density at radius 2 is 1.26 bits per heavy atom. The second kappa shape index (κ2) is 14.3. The molecule has 0 unspecified atom stereocenters. The fourth-order valence-electron chi connectivity index (χ4n) is 5.04. The number of aromatic hydroxyl groups is 1. The highest BCUT2D eigenvalue weighted by molar-refractivity contribution is 7.95. The van der Waals surface area contributed by atoms with Crippen LogP contribution in [0, 0.1) is 0 Å². The molecular weight excluding hydrogens is 555 g/mol. The van der Waals surface area contributed by atoms with E-state index in [2.05, 4.69) is 97.9 Å². The lowest BCUT2D eigenvalue weighted by Crippen LogP contribution is -3.00. The predicted octanol–water partition coefficient (Wildman–Crippen LogP) is 3.70. The third kappa shape index (κ3) is 6.54. The summed E-state index contributed by atoms with van der Waals surface area (Å²) in [6.45, 7) is 4.10. The Bertz CT molecular complexity index is 1200. The van der Waals surface area contributed by atoms with E-state index < -0.39 is 7.26 Å². The minimum Gasteiger partial charge on any atom is -1.00 e. The van der Waals surface area contributed by atoms with Gasteiger partial charge in [0.2, 0.25) is 0 Å². The first-order valence-corrected chi connectivity index (χ1v) is 15.1. The van der Waals surface area contributed by atoms with Crippen LogP contribution in [0.15, 0.2) is 103 Å². The zero-order chi connectivity index (χ0) is 26.1. The van der Waals surface area contributed by atoms with E-state index in [1.165, 1.54) is 22.8 Å². The van der Waals surface area contributed by atoms with Gasteiger partial charge in [-0.1, -0.05) is 67.9 Å². The molecule has 0 saturated heterocycles. The number of benzene rings is 4. The number of halogens is 1. The first kappa shape index (κ1) is 29.6. The zero-order valence-corrected chi connectivity index (χ0v) is 24.6. The highest BCUT2D eigenvalue weighted by atomic mass is 79.9. The van der Waals surface area contributed by atoms with Gasteiger partial charge in [0.15, 0.2) is 5.78 Å². The van der Waals surface area contributed by atoms with Crippen molar-refractivity contribution in [1.82, 2.24) is 0 Å². The van der Waals surface area contributed by atoms with Crippen molar-refractivity contribution in [2.24, 2.45) is 0 Å². The van der Waals surface area contributed by atoms with Crippen LogP contribution in [0.4, 0.5) is 0 Å². The highest BCUT2D eigenvalue weighted by Gasteiger charge is 2.44. The van der Waals surface area contributed by atoms with Crippen molar-refractivity contribution in [3.63, 3.8) is 0 Å². The standard InChI is InChI=1S/C33H35O3P.BrH/c1-3-15-31-32(23-22-30(26(2)34)33(31)35)36-24-13-14-25-37(27-16-7-4-8-17-27,28-18-9-5-10-19-28)29-20-11-6-12-21-29;/h4-12,16-23H,3,13-15,24-25H2,1-2H3;1H. The minimum absolute atomic E-state index is 0. The van der Waals surface area contributed by atoms with Crippen LogP contribution in [-0.2, 0) is 6.42 Å². The summed E-state index contributed by atoms with van der Waals surface area (Å²) in [6.07, 6.45) is 4.49. The molecule has 0 spiro atoms. The Balaban J connectivity index is 0.00000400. The summed E-state index contributed by atoms with van der Waals surface area (Å²) in [5.41, 5.74) is 1.09. The molecule has 0 radical (unpaired) electrons. The highest BCUT2D eigenvalue weighted by Crippen LogP contribution is 2.55. The van der Waals surface area contributed by atoms with Crippen molar-refractivity contribution in [3.8, 4) is 11.5 Å². The molecule has 198 valence electrons. The van der Waals surface area contributed by atoms with Crippen molar-refractivity contribution in [3.05, 3.63) is 114 Å². The molecule has 0 bridgehead atoms. The van der Waals surface area contributed by atoms with Crippen LogP contribution >= 0.6 is 7.26 Å². The van der Waals surface area contributed by atoms with Gasteiger partial charge >= 0.3 is 0 Å². The number of unbranched alkanes of at least 4 members (excludes halogenated alkanes) is 1. The molecule has 0 aliphatic rings. The monoisotopic (exact) mass is 590 g/mol. The van der Waals surface area contributed by atoms with Gasteiger partial charge in [-0.05, 0) is 74.7 Å². The molecule has 0 aliphatic heterocycles. The van der Waals surface area contributed by atoms with Gasteiger partial charge in [-0.3, -0.25) is 4.79 Å². The number of carbonyl (C=O) groups is 1. The number of carbonyl (C=O) groups excluding carboxylic acids is 1. The van der Waals surface area contributed by atoms with Crippen molar-refractivity contribution in [2.75, 3.05) is 12.8 Å². The quantitative estimate of drug-likeness (QED) is 0.155. The Morgan fingerprint density at radius 3 is 1.71 bits per heavy atom. The molecule has 5 heteroatoms. The van der Waals surface area contributed by atoms with Gasteiger partial charge in [0.1, 0.15) is 34.7 Å². The van der Waals surface area contributed by atoms with Gasteiger partial charge in [-0.15, -0.1) is 0 Å². The van der Waals surface area contributed by atoms with Crippen LogP contribution in [0.5, 0.6) is 11.5 Å². The SMILES string of the molecule is CCCc1c(OCCCC[P+](c2ccccc2)(c2ccccc2)c2ccccc2)ccc(C(C)=O)c1O.[Br-]. The van der Waals surface area contributed by atoms with Gasteiger partial charge in [-0.25, -0.2) is 0 Å². The fourth-order valence-corrected chi connectivity index (χ4v) is 9.45. The number of Topliss-reactive ketones (excluding diaryl/α,β-unsaturated/α-hetero) is 1. The van der Waals surface area contributed by atoms with Crippen LogP contribution in [0.2, 0.25) is 0 Å². The summed E-state index contributed by atoms with van der Waals surface area (Å²) in [7, 11) is -1.84. The second-order valence-electron chi connectivity index (χ2n) is 9.34. The lowest BCUT2D eigenvalue weighted by molar-refractivity contribution is -0.0000172. The molecule has 0 fully saturated rings. The smallest absolute Gasteiger partial charge is 0.163 e. The summed E-state index contributed by atoms with van der Waals surface area (Å²) in [4.78, 5) is 11.9. The molecule has 4 aromatic carbocycles. The van der Waals surface area contributed by atoms with Crippen LogP contribution in [0.1, 0.15) is 49.0 Å². The molecule has 0 aliphatic carbocycles. The van der Waals surface area contributed by atoms with Crippen LogP contribution in [0.25, 0.3) is 0 Å². The summed E-state index contributed by atoms with van der Waals surface area (Å²) in [5, 5.41) is 14.8. The maximum atomic E-state index is 11.9. The van der Waals surface area contributed by atoms with Crippen molar-refractivity contribution >= 4 is 29.0 Å². The van der Waals surface area contributed by atoms with Gasteiger partial charge in [-0.2, -0.15) is 0 Å². The lowest BCUT2D eigenvalue weighted by Gasteiger charge is -2.27. The Kier molecular flexibility index (Phi) is 11.1. The van der Waals surface area contributed by atoms with E-state index in [4.69, 9.17) is 4.74 Å². The molecule has 0 heterocycles. The summed E-state index contributed by atoms with van der Waals surface area (Å²) >= 11 is 0. The first-order chi connectivity index (χ1) is 18.1. The number of ketones is 1. The molecule has 3 nitrogen and oxygen atoms in total. The van der Waals surface area contributed by atoms with E-state index in [9.17, 15) is 9.90 Å². The third-order valence-corrected chi connectivity index (χ3v) is 11.4. The van der Waals surface area contributed by atoms with E-state index in [-0.39, 0.29) is 28.5 Å². The zero-order valence-electron chi connectivity index (χ0n) is 22.1. The largest absolute Gasteiger partial charge is 1.00 e. The second-order valence-corrected chi connectivity index (χ2v) is 13.0. The van der Waals surface area contributed by atoms with E-state index >= 15 is 0 Å². The van der Waals surface area contributed by atoms with Crippen molar-refractivity contribution in [1.29, 1.82) is 0 Å². The molecule has 1 N–H and O–H groups in total. The van der Waals surface area contributed by atoms with E-state index in [0.717, 1.165) is 31.0 Å². The third-order valence-electron chi connectivity index (χ3n) is 6.86. The lowest BCUT2D eigenvalue weighted by atomic mass is 10.0. The van der Waals surface area contributed by atoms with Gasteiger partial charge in [0.05, 0.1) is 18.3 Å². The molecular formula is C33H36BrO3P. The Hall–Kier alpha value is -2.94. The molecule has 4 aromatic rings. The van der Waals surface area contributed by atoms with Crippen LogP contribution < -0.4 is 37.6 Å². The summed E-state index contributed by atoms with van der Waals surface area (Å²) in [5.74, 6) is 0.609. The predicted molar refractivity (Wildman–Crippen MR) is 157 cm³/mol. The number of ether oxygens (including phenoxy) is 1. The minimum atomic E-state index is -1.84. The molecule has 0 saturated carbocycles. The summed E-state index contributed by atoms with van der Waals surface area (Å²) in [6, 6.07) is 36.3. The molecule has 0 amide bonds. The molecule has 0 atom stereocenters. The van der Waals surface area contributed by atoms with Gasteiger partial charge in [0, 0.05) is 5.56 Å². The van der Waals surface area contributed by atoms with Crippen molar-refractivity contribution in [2.45, 2.75) is 39.5 Å². The number of hydrogen-bond acceptors (Lipinski definition) is 3. The topological polar surface area (TPSA) is 46.5 Å². The van der Waals surface area contributed by atoms with Crippen molar-refractivity contribution < 1.29 is 31.6 Å². The average molecular weight is 592 g/mol. The van der Waals surface area contributed by atoms with Crippen LogP contribution in [0.3, 0.4) is 0 Å². The maximum absolute atomic E-state index is 11.9. The van der Waals surface area contributed by atoms with E-state index in [0.29, 0.717) is 24.3 Å². The van der Waals surface area contributed by atoms with Gasteiger partial charge in [0.25, 0.3) is 0 Å². The first-order valence-electron chi connectivity index (χ1n) is 13.1. The number of hydrogen-bond donors (Lipinski definition) is 1. The fraction of sp³-hybridized carbons (Fsp3) is 0.242. The molecule has 38 heavy (non-hydrogen) atoms.